The Morgan fingerprint density at radius 1 is 1.36 bits per heavy atom. The molecule has 1 aromatic heterocycles. The number of rotatable bonds is 5. The van der Waals surface area contributed by atoms with Crippen molar-refractivity contribution in [3.63, 3.8) is 0 Å². The van der Waals surface area contributed by atoms with Gasteiger partial charge < -0.3 is 14.9 Å². The van der Waals surface area contributed by atoms with E-state index in [1.54, 1.807) is 20.8 Å². The molecule has 2 aromatic rings. The van der Waals surface area contributed by atoms with Crippen LogP contribution >= 0.6 is 0 Å². The molecule has 0 bridgehead atoms. The number of halogens is 1. The summed E-state index contributed by atoms with van der Waals surface area (Å²) >= 11 is 0. The molecule has 0 radical (unpaired) electrons. The molecular formula is C16H19FN2O3. The SMILES string of the molecule is Cc1noc(C)c1CC(=O)NCC(C)(O)c1ccc(F)cc1. The van der Waals surface area contributed by atoms with Crippen LogP contribution in [0.25, 0.3) is 0 Å². The van der Waals surface area contributed by atoms with Gasteiger partial charge in [-0.25, -0.2) is 4.39 Å². The molecule has 118 valence electrons. The third-order valence-corrected chi connectivity index (χ3v) is 3.61. The maximum atomic E-state index is 12.9. The monoisotopic (exact) mass is 306 g/mol. The average molecular weight is 306 g/mol. The van der Waals surface area contributed by atoms with Crippen LogP contribution in [0.5, 0.6) is 0 Å². The predicted octanol–water partition coefficient (Wildman–Crippen LogP) is 2.00. The smallest absolute Gasteiger partial charge is 0.224 e. The first-order chi connectivity index (χ1) is 10.3. The van der Waals surface area contributed by atoms with Gasteiger partial charge in [-0.3, -0.25) is 4.79 Å². The molecule has 0 spiro atoms. The molecule has 2 N–H and O–H groups in total. The summed E-state index contributed by atoms with van der Waals surface area (Å²) in [7, 11) is 0. The normalized spacial score (nSPS) is 13.7. The Morgan fingerprint density at radius 3 is 2.55 bits per heavy atom. The highest BCUT2D eigenvalue weighted by molar-refractivity contribution is 5.79. The summed E-state index contributed by atoms with van der Waals surface area (Å²) in [5.41, 5.74) is 0.686. The van der Waals surface area contributed by atoms with E-state index in [4.69, 9.17) is 4.52 Å². The minimum Gasteiger partial charge on any atom is -0.384 e. The Bertz CT molecular complexity index is 643. The Morgan fingerprint density at radius 2 is 2.00 bits per heavy atom. The van der Waals surface area contributed by atoms with E-state index < -0.39 is 5.60 Å². The van der Waals surface area contributed by atoms with Crippen molar-refractivity contribution >= 4 is 5.91 Å². The van der Waals surface area contributed by atoms with Gasteiger partial charge in [-0.05, 0) is 38.5 Å². The highest BCUT2D eigenvalue weighted by Crippen LogP contribution is 2.20. The molecule has 5 nitrogen and oxygen atoms in total. The number of carbonyl (C=O) groups is 1. The number of nitrogens with one attached hydrogen (secondary N) is 1. The van der Waals surface area contributed by atoms with E-state index in [-0.39, 0.29) is 24.7 Å². The van der Waals surface area contributed by atoms with E-state index in [0.29, 0.717) is 17.0 Å². The Labute approximate surface area is 128 Å². The number of carbonyl (C=O) groups excluding carboxylic acids is 1. The molecule has 0 fully saturated rings. The van der Waals surface area contributed by atoms with Crippen LogP contribution in [0.2, 0.25) is 0 Å². The van der Waals surface area contributed by atoms with Crippen molar-refractivity contribution in [3.8, 4) is 0 Å². The molecule has 1 amide bonds. The Hall–Kier alpha value is -2.21. The first-order valence-electron chi connectivity index (χ1n) is 6.96. The second kappa shape index (κ2) is 6.27. The predicted molar refractivity (Wildman–Crippen MR) is 78.7 cm³/mol. The van der Waals surface area contributed by atoms with Crippen LogP contribution in [0.1, 0.15) is 29.5 Å². The van der Waals surface area contributed by atoms with Crippen LogP contribution < -0.4 is 5.32 Å². The van der Waals surface area contributed by atoms with Gasteiger partial charge in [0.1, 0.15) is 17.2 Å². The van der Waals surface area contributed by atoms with Crippen molar-refractivity contribution in [2.75, 3.05) is 6.54 Å². The third-order valence-electron chi connectivity index (χ3n) is 3.61. The molecule has 1 atom stereocenters. The van der Waals surface area contributed by atoms with Crippen LogP contribution in [0.15, 0.2) is 28.8 Å². The van der Waals surface area contributed by atoms with Gasteiger partial charge in [0.25, 0.3) is 0 Å². The lowest BCUT2D eigenvalue weighted by Crippen LogP contribution is -2.39. The first-order valence-corrected chi connectivity index (χ1v) is 6.96. The van der Waals surface area contributed by atoms with Crippen molar-refractivity contribution in [1.82, 2.24) is 10.5 Å². The van der Waals surface area contributed by atoms with Crippen molar-refractivity contribution in [2.24, 2.45) is 0 Å². The summed E-state index contributed by atoms with van der Waals surface area (Å²) in [6.45, 7) is 5.11. The number of aromatic nitrogens is 1. The van der Waals surface area contributed by atoms with Crippen LogP contribution in [0.4, 0.5) is 4.39 Å². The van der Waals surface area contributed by atoms with Crippen molar-refractivity contribution in [1.29, 1.82) is 0 Å². The van der Waals surface area contributed by atoms with E-state index in [1.165, 1.54) is 24.3 Å². The topological polar surface area (TPSA) is 75.4 Å². The lowest BCUT2D eigenvalue weighted by atomic mass is 9.96. The quantitative estimate of drug-likeness (QED) is 0.886. The zero-order valence-electron chi connectivity index (χ0n) is 12.8. The minimum absolute atomic E-state index is 0.0286. The highest BCUT2D eigenvalue weighted by atomic mass is 19.1. The van der Waals surface area contributed by atoms with Gasteiger partial charge in [0.2, 0.25) is 5.91 Å². The molecule has 0 aliphatic carbocycles. The summed E-state index contributed by atoms with van der Waals surface area (Å²) < 4.78 is 17.9. The summed E-state index contributed by atoms with van der Waals surface area (Å²) in [5.74, 6) is -0.00303. The highest BCUT2D eigenvalue weighted by Gasteiger charge is 2.24. The zero-order valence-corrected chi connectivity index (χ0v) is 12.8. The Kier molecular flexibility index (Phi) is 4.61. The van der Waals surface area contributed by atoms with Crippen molar-refractivity contribution in [3.05, 3.63) is 52.7 Å². The number of aliphatic hydroxyl groups is 1. The van der Waals surface area contributed by atoms with E-state index >= 15 is 0 Å². The number of benzene rings is 1. The molecule has 0 saturated carbocycles. The van der Waals surface area contributed by atoms with Gasteiger partial charge in [-0.1, -0.05) is 17.3 Å². The van der Waals surface area contributed by atoms with E-state index in [0.717, 1.165) is 5.56 Å². The van der Waals surface area contributed by atoms with Gasteiger partial charge >= 0.3 is 0 Å². The van der Waals surface area contributed by atoms with Gasteiger partial charge in [0, 0.05) is 5.56 Å². The van der Waals surface area contributed by atoms with Crippen LogP contribution in [-0.2, 0) is 16.8 Å². The van der Waals surface area contributed by atoms with Crippen LogP contribution in [-0.4, -0.2) is 22.7 Å². The number of hydrogen-bond donors (Lipinski definition) is 2. The number of nitrogens with zero attached hydrogens (tertiary/aromatic N) is 1. The van der Waals surface area contributed by atoms with Gasteiger partial charge in [-0.2, -0.15) is 0 Å². The van der Waals surface area contributed by atoms with Crippen molar-refractivity contribution < 1.29 is 18.8 Å². The largest absolute Gasteiger partial charge is 0.384 e. The summed E-state index contributed by atoms with van der Waals surface area (Å²) in [6, 6.07) is 5.54. The fourth-order valence-electron chi connectivity index (χ4n) is 2.16. The van der Waals surface area contributed by atoms with Gasteiger partial charge in [0.05, 0.1) is 18.7 Å². The second-order valence-electron chi connectivity index (χ2n) is 5.54. The molecule has 6 heteroatoms. The van der Waals surface area contributed by atoms with E-state index in [9.17, 15) is 14.3 Å². The van der Waals surface area contributed by atoms with Crippen LogP contribution in [0, 0.1) is 19.7 Å². The summed E-state index contributed by atoms with van der Waals surface area (Å²) in [4.78, 5) is 12.0. The first kappa shape index (κ1) is 16.2. The molecule has 22 heavy (non-hydrogen) atoms. The number of aryl methyl sites for hydroxylation is 2. The Balaban J connectivity index is 1.96. The molecule has 1 heterocycles. The van der Waals surface area contributed by atoms with E-state index in [2.05, 4.69) is 10.5 Å². The molecule has 1 aromatic carbocycles. The maximum Gasteiger partial charge on any atom is 0.224 e. The summed E-state index contributed by atoms with van der Waals surface area (Å²) in [5, 5.41) is 16.9. The van der Waals surface area contributed by atoms with Crippen LogP contribution in [0.3, 0.4) is 0 Å². The molecule has 2 rings (SSSR count). The molecule has 0 saturated heterocycles. The van der Waals surface area contributed by atoms with Gasteiger partial charge in [-0.15, -0.1) is 0 Å². The summed E-state index contributed by atoms with van der Waals surface area (Å²) in [6.07, 6.45) is 0.140. The second-order valence-corrected chi connectivity index (χ2v) is 5.54. The van der Waals surface area contributed by atoms with Gasteiger partial charge in [0.15, 0.2) is 0 Å². The van der Waals surface area contributed by atoms with E-state index in [1.807, 2.05) is 0 Å². The number of hydrogen-bond acceptors (Lipinski definition) is 4. The minimum atomic E-state index is -1.28. The number of amides is 1. The molecule has 1 unspecified atom stereocenters. The fraction of sp³-hybridized carbons (Fsp3) is 0.375. The van der Waals surface area contributed by atoms with Crippen molar-refractivity contribution in [2.45, 2.75) is 32.8 Å². The fourth-order valence-corrected chi connectivity index (χ4v) is 2.16. The lowest BCUT2D eigenvalue weighted by molar-refractivity contribution is -0.121. The third kappa shape index (κ3) is 3.71. The average Bonchev–Trinajstić information content (AvgIpc) is 2.78. The lowest BCUT2D eigenvalue weighted by Gasteiger charge is -2.24. The maximum absolute atomic E-state index is 12.9. The molecule has 0 aliphatic rings. The molecular weight excluding hydrogens is 287 g/mol. The molecule has 0 aliphatic heterocycles. The standard InChI is InChI=1S/C16H19FN2O3/c1-10-14(11(2)22-19-10)8-15(20)18-9-16(3,21)12-4-6-13(17)7-5-12/h4-7,21H,8-9H2,1-3H3,(H,18,20). The zero-order chi connectivity index (χ0) is 16.3.